The van der Waals surface area contributed by atoms with E-state index in [0.29, 0.717) is 11.5 Å². The summed E-state index contributed by atoms with van der Waals surface area (Å²) in [6, 6.07) is 11.5. The predicted octanol–water partition coefficient (Wildman–Crippen LogP) is 1.90. The number of benzene rings is 2. The van der Waals surface area contributed by atoms with Gasteiger partial charge in [-0.3, -0.25) is 9.59 Å². The molecule has 0 spiro atoms. The number of aliphatic hydroxyl groups is 1. The van der Waals surface area contributed by atoms with Crippen molar-refractivity contribution in [3.05, 3.63) is 54.1 Å². The Balaban J connectivity index is 1.88. The monoisotopic (exact) mass is 591 g/mol. The highest BCUT2D eigenvalue weighted by Crippen LogP contribution is 2.34. The third-order valence-corrected chi connectivity index (χ3v) is 8.20. The van der Waals surface area contributed by atoms with Crippen LogP contribution in [0.4, 0.5) is 0 Å². The minimum absolute atomic E-state index is 0.000137. The first-order valence-electron chi connectivity index (χ1n) is 12.8. The number of sulfonamides is 1. The van der Waals surface area contributed by atoms with E-state index in [-0.39, 0.29) is 49.4 Å². The van der Waals surface area contributed by atoms with E-state index in [2.05, 4.69) is 16.6 Å². The molecule has 1 aliphatic heterocycles. The quantitative estimate of drug-likeness (QED) is 0.226. The number of ether oxygens (including phenoxy) is 2. The van der Waals surface area contributed by atoms with Crippen molar-refractivity contribution in [3.63, 3.8) is 0 Å². The van der Waals surface area contributed by atoms with Crippen LogP contribution < -0.4 is 20.1 Å². The maximum absolute atomic E-state index is 13.7. The second kappa shape index (κ2) is 14.4. The highest BCUT2D eigenvalue weighted by molar-refractivity contribution is 7.89. The minimum Gasteiger partial charge on any atom is -0.454 e. The van der Waals surface area contributed by atoms with Crippen LogP contribution in [-0.4, -0.2) is 73.6 Å². The summed E-state index contributed by atoms with van der Waals surface area (Å²) < 4.78 is 39.2. The number of halogens is 1. The Morgan fingerprint density at radius 3 is 2.45 bits per heavy atom. The molecule has 2 amide bonds. The summed E-state index contributed by atoms with van der Waals surface area (Å²) in [5, 5.41) is 16.6. The number of alkyl halides is 1. The molecule has 3 N–H and O–H groups in total. The van der Waals surface area contributed by atoms with Gasteiger partial charge in [0.2, 0.25) is 28.6 Å². The molecule has 216 valence electrons. The summed E-state index contributed by atoms with van der Waals surface area (Å²) in [5.74, 6) is 1.50. The van der Waals surface area contributed by atoms with E-state index in [1.54, 1.807) is 0 Å². The molecule has 0 saturated heterocycles. The summed E-state index contributed by atoms with van der Waals surface area (Å²) in [7, 11) is -4.06. The van der Waals surface area contributed by atoms with Gasteiger partial charge >= 0.3 is 0 Å². The molecule has 0 aromatic heterocycles. The highest BCUT2D eigenvalue weighted by atomic mass is 35.5. The second-order valence-corrected chi connectivity index (χ2v) is 12.0. The van der Waals surface area contributed by atoms with Crippen molar-refractivity contribution in [3.8, 4) is 23.8 Å². The summed E-state index contributed by atoms with van der Waals surface area (Å²) in [6.07, 6.45) is 4.17. The van der Waals surface area contributed by atoms with Gasteiger partial charge < -0.3 is 25.2 Å². The molecular formula is C28H34ClN3O7S. The average molecular weight is 592 g/mol. The van der Waals surface area contributed by atoms with E-state index in [9.17, 15) is 23.1 Å². The number of aliphatic hydroxyl groups excluding tert-OH is 1. The number of fused-ring (bicyclic) bond motifs is 1. The van der Waals surface area contributed by atoms with Crippen molar-refractivity contribution in [2.75, 3.05) is 25.8 Å². The molecule has 0 radical (unpaired) electrons. The lowest BCUT2D eigenvalue weighted by atomic mass is 10.00. The molecular weight excluding hydrogens is 558 g/mol. The summed E-state index contributed by atoms with van der Waals surface area (Å²) in [4.78, 5) is 25.0. The van der Waals surface area contributed by atoms with Crippen LogP contribution in [-0.2, 0) is 26.0 Å². The maximum atomic E-state index is 13.7. The Hall–Kier alpha value is -3.30. The Bertz CT molecular complexity index is 1310. The number of carbonyl (C=O) groups is 2. The first-order valence-corrected chi connectivity index (χ1v) is 14.7. The van der Waals surface area contributed by atoms with Gasteiger partial charge in [-0.15, -0.1) is 23.9 Å². The SMILES string of the molecule is C#CC[C@H](NC(=O)CCl)C(=O)N[C@@H](Cc1ccccc1)[C@H](O)CN(CC(C)C)S(=O)(=O)c1ccc2c(c1)OCO2. The lowest BCUT2D eigenvalue weighted by molar-refractivity contribution is -0.128. The third-order valence-electron chi connectivity index (χ3n) is 6.13. The van der Waals surface area contributed by atoms with Gasteiger partial charge in [-0.1, -0.05) is 44.2 Å². The normalized spacial score (nSPS) is 14.8. The predicted molar refractivity (Wildman–Crippen MR) is 150 cm³/mol. The van der Waals surface area contributed by atoms with E-state index in [1.165, 1.54) is 22.5 Å². The maximum Gasteiger partial charge on any atom is 0.243 e. The molecule has 2 aromatic carbocycles. The van der Waals surface area contributed by atoms with Gasteiger partial charge in [-0.25, -0.2) is 8.42 Å². The lowest BCUT2D eigenvalue weighted by Gasteiger charge is -2.31. The van der Waals surface area contributed by atoms with Crippen molar-refractivity contribution in [1.29, 1.82) is 0 Å². The Morgan fingerprint density at radius 2 is 1.80 bits per heavy atom. The zero-order chi connectivity index (χ0) is 29.3. The number of carbonyl (C=O) groups excluding carboxylic acids is 2. The van der Waals surface area contributed by atoms with Gasteiger partial charge in [0.15, 0.2) is 11.5 Å². The number of hydrogen-bond acceptors (Lipinski definition) is 7. The average Bonchev–Trinajstić information content (AvgIpc) is 3.40. The Kier molecular flexibility index (Phi) is 11.2. The molecule has 0 unspecified atom stereocenters. The minimum atomic E-state index is -4.06. The number of nitrogens with zero attached hydrogens (tertiary/aromatic N) is 1. The first-order chi connectivity index (χ1) is 19.0. The standard InChI is InChI=1S/C28H34ClN3O7S/c1-4-8-22(30-27(34)15-29)28(35)31-23(13-20-9-6-5-7-10-20)24(33)17-32(16-19(2)3)40(36,37)21-11-12-25-26(14-21)39-18-38-25/h1,5-7,9-12,14,19,22-24,33H,8,13,15-18H2,2-3H3,(H,30,34)(H,31,35)/t22-,23-,24+/m0/s1. The van der Waals surface area contributed by atoms with Crippen LogP contribution in [0.1, 0.15) is 25.8 Å². The largest absolute Gasteiger partial charge is 0.454 e. The van der Waals surface area contributed by atoms with Crippen LogP contribution in [0.3, 0.4) is 0 Å². The van der Waals surface area contributed by atoms with Crippen LogP contribution >= 0.6 is 11.6 Å². The van der Waals surface area contributed by atoms with Crippen LogP contribution in [0.15, 0.2) is 53.4 Å². The lowest BCUT2D eigenvalue weighted by Crippen LogP contribution is -2.55. The van der Waals surface area contributed by atoms with Crippen molar-refractivity contribution >= 4 is 33.4 Å². The number of nitrogens with one attached hydrogen (secondary N) is 2. The smallest absolute Gasteiger partial charge is 0.243 e. The molecule has 3 rings (SSSR count). The van der Waals surface area contributed by atoms with E-state index < -0.39 is 40.0 Å². The van der Waals surface area contributed by atoms with Gasteiger partial charge in [-0.2, -0.15) is 4.31 Å². The molecule has 12 heteroatoms. The van der Waals surface area contributed by atoms with Gasteiger partial charge in [0.1, 0.15) is 11.9 Å². The zero-order valence-electron chi connectivity index (χ0n) is 22.4. The van der Waals surface area contributed by atoms with E-state index in [0.717, 1.165) is 5.56 Å². The van der Waals surface area contributed by atoms with Gasteiger partial charge in [0, 0.05) is 25.6 Å². The summed E-state index contributed by atoms with van der Waals surface area (Å²) >= 11 is 5.57. The topological polar surface area (TPSA) is 134 Å². The van der Waals surface area contributed by atoms with Gasteiger partial charge in [-0.05, 0) is 30.0 Å². The molecule has 1 aliphatic rings. The molecule has 0 bridgehead atoms. The van der Waals surface area contributed by atoms with E-state index in [4.69, 9.17) is 27.5 Å². The second-order valence-electron chi connectivity index (χ2n) is 9.77. The number of hydrogen-bond donors (Lipinski definition) is 3. The van der Waals surface area contributed by atoms with Crippen molar-refractivity contribution in [2.24, 2.45) is 5.92 Å². The molecule has 1 heterocycles. The Morgan fingerprint density at radius 1 is 1.10 bits per heavy atom. The van der Waals surface area contributed by atoms with Crippen molar-refractivity contribution in [2.45, 2.75) is 49.8 Å². The molecule has 10 nitrogen and oxygen atoms in total. The third kappa shape index (κ3) is 8.35. The zero-order valence-corrected chi connectivity index (χ0v) is 24.0. The first kappa shape index (κ1) is 31.2. The van der Waals surface area contributed by atoms with Gasteiger partial charge in [0.05, 0.1) is 17.0 Å². The molecule has 3 atom stereocenters. The van der Waals surface area contributed by atoms with E-state index >= 15 is 0 Å². The van der Waals surface area contributed by atoms with Crippen LogP contribution in [0.2, 0.25) is 0 Å². The number of terminal acetylenes is 1. The van der Waals surface area contributed by atoms with Crippen molar-refractivity contribution in [1.82, 2.24) is 14.9 Å². The fourth-order valence-electron chi connectivity index (χ4n) is 4.19. The molecule has 0 aliphatic carbocycles. The van der Waals surface area contributed by atoms with Crippen LogP contribution in [0, 0.1) is 18.3 Å². The fraction of sp³-hybridized carbons (Fsp3) is 0.429. The highest BCUT2D eigenvalue weighted by Gasteiger charge is 2.33. The molecule has 2 aromatic rings. The molecule has 0 fully saturated rings. The summed E-state index contributed by atoms with van der Waals surface area (Å²) in [6.45, 7) is 3.54. The Labute approximate surface area is 240 Å². The fourth-order valence-corrected chi connectivity index (χ4v) is 5.91. The molecule has 40 heavy (non-hydrogen) atoms. The van der Waals surface area contributed by atoms with E-state index in [1.807, 2.05) is 44.2 Å². The van der Waals surface area contributed by atoms with Gasteiger partial charge in [0.25, 0.3) is 0 Å². The number of rotatable bonds is 14. The summed E-state index contributed by atoms with van der Waals surface area (Å²) in [5.41, 5.74) is 0.805. The van der Waals surface area contributed by atoms with Crippen molar-refractivity contribution < 1.29 is 32.6 Å². The number of amides is 2. The molecule has 0 saturated carbocycles. The van der Waals surface area contributed by atoms with Crippen LogP contribution in [0.5, 0.6) is 11.5 Å². The van der Waals surface area contributed by atoms with Crippen LogP contribution in [0.25, 0.3) is 0 Å².